The van der Waals surface area contributed by atoms with Gasteiger partial charge in [0.2, 0.25) is 0 Å². The molecular weight excluding hydrogens is 548 g/mol. The van der Waals surface area contributed by atoms with Crippen LogP contribution in [-0.4, -0.2) is 66.4 Å². The number of anilines is 2. The quantitative estimate of drug-likeness (QED) is 0.329. The molecule has 3 fully saturated rings. The summed E-state index contributed by atoms with van der Waals surface area (Å²) >= 11 is 6.28. The number of morpholine rings is 1. The Balaban J connectivity index is 1.19. The molecule has 2 aromatic heterocycles. The average molecular weight is 589 g/mol. The second kappa shape index (κ2) is 12.6. The van der Waals surface area contributed by atoms with E-state index in [9.17, 15) is 10.1 Å². The number of aromatic nitrogens is 2. The molecule has 1 aliphatic heterocycles. The molecule has 1 aromatic carbocycles. The van der Waals surface area contributed by atoms with Crippen molar-refractivity contribution in [1.82, 2.24) is 14.5 Å². The number of pyridine rings is 2. The van der Waals surface area contributed by atoms with Crippen molar-refractivity contribution >= 4 is 34.0 Å². The summed E-state index contributed by atoms with van der Waals surface area (Å²) in [7, 11) is 3.68. The van der Waals surface area contributed by atoms with E-state index in [0.717, 1.165) is 71.0 Å². The van der Waals surface area contributed by atoms with E-state index in [1.165, 1.54) is 35.1 Å². The van der Waals surface area contributed by atoms with Crippen molar-refractivity contribution in [3.63, 3.8) is 0 Å². The Morgan fingerprint density at radius 3 is 2.36 bits per heavy atom. The lowest BCUT2D eigenvalue weighted by atomic mass is 9.83. The van der Waals surface area contributed by atoms with E-state index in [1.54, 1.807) is 13.1 Å². The van der Waals surface area contributed by atoms with Crippen molar-refractivity contribution in [3.05, 3.63) is 63.0 Å². The van der Waals surface area contributed by atoms with Gasteiger partial charge in [0.15, 0.2) is 0 Å². The Labute approximate surface area is 253 Å². The van der Waals surface area contributed by atoms with E-state index in [1.807, 2.05) is 13.1 Å². The standard InChI is InChI=1S/C33H41ClN6O2/c1-37(32-28(20-35)33(41)38(2)29-14-15-30(34)36-31(29)32)25-10-12-27(13-11-25)40(22-23-4-3-5-23)26-8-6-24(7-9-26)21-39-16-18-42-19-17-39/h6-9,14-15,23,25,27H,3-5,10-13,16-19,21-22H2,1-2H3/t25-,27-. The van der Waals surface area contributed by atoms with Gasteiger partial charge in [-0.2, -0.15) is 5.26 Å². The van der Waals surface area contributed by atoms with Gasteiger partial charge in [-0.15, -0.1) is 0 Å². The number of halogens is 1. The summed E-state index contributed by atoms with van der Waals surface area (Å²) in [6, 6.07) is 15.6. The molecule has 0 radical (unpaired) electrons. The van der Waals surface area contributed by atoms with Gasteiger partial charge in [-0.3, -0.25) is 9.69 Å². The second-order valence-electron chi connectivity index (χ2n) is 12.3. The molecule has 0 N–H and O–H groups in total. The summed E-state index contributed by atoms with van der Waals surface area (Å²) in [6.45, 7) is 5.74. The van der Waals surface area contributed by atoms with E-state index >= 15 is 0 Å². The maximum atomic E-state index is 13.1. The summed E-state index contributed by atoms with van der Waals surface area (Å²) in [5, 5.41) is 10.4. The van der Waals surface area contributed by atoms with Crippen molar-refractivity contribution < 1.29 is 4.74 Å². The van der Waals surface area contributed by atoms with Gasteiger partial charge in [-0.05, 0) is 74.3 Å². The molecule has 0 atom stereocenters. The smallest absolute Gasteiger partial charge is 0.270 e. The third-order valence-corrected chi connectivity index (χ3v) is 9.97. The molecule has 2 aliphatic carbocycles. The second-order valence-corrected chi connectivity index (χ2v) is 12.7. The fraction of sp³-hybridized carbons (Fsp3) is 0.545. The third kappa shape index (κ3) is 5.88. The minimum atomic E-state index is -0.298. The summed E-state index contributed by atoms with van der Waals surface area (Å²) in [6.07, 6.45) is 8.10. The minimum absolute atomic E-state index is 0.133. The zero-order chi connectivity index (χ0) is 29.2. The molecule has 2 saturated carbocycles. The van der Waals surface area contributed by atoms with Gasteiger partial charge in [0.1, 0.15) is 22.3 Å². The van der Waals surface area contributed by atoms with Gasteiger partial charge in [0.05, 0.1) is 24.4 Å². The minimum Gasteiger partial charge on any atom is -0.379 e. The highest BCUT2D eigenvalue weighted by atomic mass is 35.5. The normalized spacial score (nSPS) is 21.6. The van der Waals surface area contributed by atoms with E-state index < -0.39 is 0 Å². The van der Waals surface area contributed by atoms with Crippen LogP contribution in [0.5, 0.6) is 0 Å². The number of aryl methyl sites for hydroxylation is 1. The summed E-state index contributed by atoms with van der Waals surface area (Å²) in [5.74, 6) is 0.777. The van der Waals surface area contributed by atoms with Crippen LogP contribution in [0.4, 0.5) is 11.4 Å². The van der Waals surface area contributed by atoms with Crippen molar-refractivity contribution in [3.8, 4) is 6.07 Å². The van der Waals surface area contributed by atoms with Crippen LogP contribution in [0.3, 0.4) is 0 Å². The SMILES string of the molecule is Cn1c(=O)c(C#N)c(N(C)[C@H]2CC[C@H](N(CC3CCC3)c3ccc(CN4CCOCC4)cc3)CC2)c2nc(Cl)ccc21. The summed E-state index contributed by atoms with van der Waals surface area (Å²) in [4.78, 5) is 25.0. The number of nitrogens with zero attached hydrogens (tertiary/aromatic N) is 6. The molecule has 42 heavy (non-hydrogen) atoms. The van der Waals surface area contributed by atoms with Gasteiger partial charge < -0.3 is 19.1 Å². The first-order chi connectivity index (χ1) is 20.4. The third-order valence-electron chi connectivity index (χ3n) is 9.76. The van der Waals surface area contributed by atoms with Crippen LogP contribution >= 0.6 is 11.6 Å². The predicted molar refractivity (Wildman–Crippen MR) is 168 cm³/mol. The summed E-state index contributed by atoms with van der Waals surface area (Å²) in [5.41, 5.74) is 4.41. The topological polar surface area (TPSA) is 77.6 Å². The Morgan fingerprint density at radius 2 is 1.71 bits per heavy atom. The van der Waals surface area contributed by atoms with E-state index in [0.29, 0.717) is 27.9 Å². The molecule has 3 aliphatic rings. The van der Waals surface area contributed by atoms with Crippen molar-refractivity contribution in [2.24, 2.45) is 13.0 Å². The van der Waals surface area contributed by atoms with Gasteiger partial charge in [-0.25, -0.2) is 4.98 Å². The van der Waals surface area contributed by atoms with E-state index in [4.69, 9.17) is 16.3 Å². The molecule has 1 saturated heterocycles. The van der Waals surface area contributed by atoms with Crippen LogP contribution in [0.2, 0.25) is 5.15 Å². The fourth-order valence-electron chi connectivity index (χ4n) is 6.98. The Hall–Kier alpha value is -3.12. The lowest BCUT2D eigenvalue weighted by molar-refractivity contribution is 0.0342. The zero-order valence-corrected chi connectivity index (χ0v) is 25.5. The number of nitriles is 1. The van der Waals surface area contributed by atoms with Crippen LogP contribution < -0.4 is 15.4 Å². The highest BCUT2D eigenvalue weighted by Gasteiger charge is 2.32. The maximum absolute atomic E-state index is 13.1. The molecule has 8 nitrogen and oxygen atoms in total. The highest BCUT2D eigenvalue weighted by molar-refractivity contribution is 6.29. The zero-order valence-electron chi connectivity index (χ0n) is 24.8. The molecule has 0 unspecified atom stereocenters. The first-order valence-corrected chi connectivity index (χ1v) is 15.8. The van der Waals surface area contributed by atoms with Gasteiger partial charge in [0, 0.05) is 58.0 Å². The van der Waals surface area contributed by atoms with Crippen molar-refractivity contribution in [2.45, 2.75) is 63.6 Å². The number of hydrogen-bond donors (Lipinski definition) is 0. The number of rotatable bonds is 8. The van der Waals surface area contributed by atoms with Crippen molar-refractivity contribution in [1.29, 1.82) is 5.26 Å². The number of hydrogen-bond acceptors (Lipinski definition) is 7. The molecule has 3 heterocycles. The Bertz CT molecular complexity index is 1500. The van der Waals surface area contributed by atoms with Gasteiger partial charge in [-0.1, -0.05) is 30.2 Å². The molecule has 6 rings (SSSR count). The fourth-order valence-corrected chi connectivity index (χ4v) is 7.13. The number of ether oxygens (including phenoxy) is 1. The Morgan fingerprint density at radius 1 is 1.02 bits per heavy atom. The largest absolute Gasteiger partial charge is 0.379 e. The number of fused-ring (bicyclic) bond motifs is 1. The first-order valence-electron chi connectivity index (χ1n) is 15.4. The van der Waals surface area contributed by atoms with Crippen LogP contribution in [0.15, 0.2) is 41.2 Å². The molecular formula is C33H41ClN6O2. The average Bonchev–Trinajstić information content (AvgIpc) is 2.99. The molecule has 0 bridgehead atoms. The lowest BCUT2D eigenvalue weighted by Gasteiger charge is -2.44. The Kier molecular flexibility index (Phi) is 8.71. The molecule has 222 valence electrons. The van der Waals surface area contributed by atoms with Gasteiger partial charge in [0.25, 0.3) is 5.56 Å². The molecule has 0 spiro atoms. The van der Waals surface area contributed by atoms with E-state index in [2.05, 4.69) is 50.0 Å². The monoisotopic (exact) mass is 588 g/mol. The number of benzene rings is 1. The first kappa shape index (κ1) is 29.0. The van der Waals surface area contributed by atoms with Crippen LogP contribution in [0.25, 0.3) is 11.0 Å². The van der Waals surface area contributed by atoms with Crippen LogP contribution in [-0.2, 0) is 18.3 Å². The van der Waals surface area contributed by atoms with Crippen molar-refractivity contribution in [2.75, 3.05) is 49.7 Å². The van der Waals surface area contributed by atoms with Crippen LogP contribution in [0, 0.1) is 17.2 Å². The molecule has 3 aromatic rings. The van der Waals surface area contributed by atoms with E-state index in [-0.39, 0.29) is 17.2 Å². The van der Waals surface area contributed by atoms with Crippen LogP contribution in [0.1, 0.15) is 56.1 Å². The lowest BCUT2D eigenvalue weighted by Crippen LogP contribution is -2.46. The maximum Gasteiger partial charge on any atom is 0.270 e. The summed E-state index contributed by atoms with van der Waals surface area (Å²) < 4.78 is 7.01. The highest BCUT2D eigenvalue weighted by Crippen LogP contribution is 2.37. The predicted octanol–water partition coefficient (Wildman–Crippen LogP) is 5.34. The molecule has 9 heteroatoms. The molecule has 0 amide bonds. The van der Waals surface area contributed by atoms with Gasteiger partial charge >= 0.3 is 0 Å².